The number of carboxylic acids is 1. The first-order valence-electron chi connectivity index (χ1n) is 5.78. The maximum absolute atomic E-state index is 10.4. The maximum atomic E-state index is 10.4. The highest BCUT2D eigenvalue weighted by Crippen LogP contribution is 2.27. The average Bonchev–Trinajstić information content (AvgIpc) is 2.66. The summed E-state index contributed by atoms with van der Waals surface area (Å²) in [6, 6.07) is 5.47. The van der Waals surface area contributed by atoms with E-state index in [0.717, 1.165) is 21.6 Å². The van der Waals surface area contributed by atoms with Gasteiger partial charge in [-0.2, -0.15) is 0 Å². The summed E-state index contributed by atoms with van der Waals surface area (Å²) in [6.07, 6.45) is 0.963. The molecule has 96 valence electrons. The molecule has 1 aromatic carbocycles. The summed E-state index contributed by atoms with van der Waals surface area (Å²) in [6.45, 7) is 4.00. The van der Waals surface area contributed by atoms with E-state index in [-0.39, 0.29) is 6.61 Å². The Morgan fingerprint density at radius 3 is 2.94 bits per heavy atom. The van der Waals surface area contributed by atoms with Crippen LogP contribution in [0.4, 0.5) is 0 Å². The first-order chi connectivity index (χ1) is 8.54. The van der Waals surface area contributed by atoms with Crippen LogP contribution in [0.15, 0.2) is 18.2 Å². The third-order valence-corrected chi connectivity index (χ3v) is 3.39. The highest BCUT2D eigenvalue weighted by atomic mass is 32.1. The van der Waals surface area contributed by atoms with Crippen LogP contribution in [0.2, 0.25) is 0 Å². The lowest BCUT2D eigenvalue weighted by molar-refractivity contribution is -0.139. The van der Waals surface area contributed by atoms with Crippen LogP contribution in [0.1, 0.15) is 18.9 Å². The van der Waals surface area contributed by atoms with Crippen LogP contribution in [0.5, 0.6) is 5.75 Å². The van der Waals surface area contributed by atoms with Gasteiger partial charge in [0.2, 0.25) is 0 Å². The summed E-state index contributed by atoms with van der Waals surface area (Å²) >= 11 is 1.64. The van der Waals surface area contributed by atoms with Crippen molar-refractivity contribution >= 4 is 27.5 Å². The van der Waals surface area contributed by atoms with Crippen LogP contribution < -0.4 is 4.74 Å². The zero-order chi connectivity index (χ0) is 13.1. The molecule has 1 N–H and O–H groups in total. The van der Waals surface area contributed by atoms with Crippen LogP contribution in [0.3, 0.4) is 0 Å². The van der Waals surface area contributed by atoms with Gasteiger partial charge in [-0.15, -0.1) is 11.3 Å². The molecule has 0 saturated heterocycles. The molecule has 0 saturated carbocycles. The van der Waals surface area contributed by atoms with Crippen LogP contribution in [0.25, 0.3) is 10.2 Å². The van der Waals surface area contributed by atoms with Crippen molar-refractivity contribution in [2.75, 3.05) is 6.61 Å². The van der Waals surface area contributed by atoms with Crippen LogP contribution in [-0.2, 0) is 11.2 Å². The van der Waals surface area contributed by atoms with Crippen molar-refractivity contribution in [3.8, 4) is 5.75 Å². The topological polar surface area (TPSA) is 59.4 Å². The van der Waals surface area contributed by atoms with Gasteiger partial charge in [0.15, 0.2) is 6.61 Å². The molecule has 1 aromatic heterocycles. The summed E-state index contributed by atoms with van der Waals surface area (Å²) in [5, 5.41) is 9.66. The third-order valence-electron chi connectivity index (χ3n) is 2.35. The molecule has 0 aliphatic carbocycles. The Kier molecular flexibility index (Phi) is 3.81. The van der Waals surface area contributed by atoms with Crippen molar-refractivity contribution in [1.82, 2.24) is 4.98 Å². The number of hydrogen-bond donors (Lipinski definition) is 1. The fourth-order valence-corrected chi connectivity index (χ4v) is 2.83. The van der Waals surface area contributed by atoms with E-state index in [1.165, 1.54) is 0 Å². The quantitative estimate of drug-likeness (QED) is 0.903. The lowest BCUT2D eigenvalue weighted by Gasteiger charge is -2.01. The predicted octanol–water partition coefficient (Wildman–Crippen LogP) is 2.96. The molecule has 0 bridgehead atoms. The predicted molar refractivity (Wildman–Crippen MR) is 71.3 cm³/mol. The van der Waals surface area contributed by atoms with Crippen molar-refractivity contribution in [3.63, 3.8) is 0 Å². The lowest BCUT2D eigenvalue weighted by Crippen LogP contribution is -2.09. The van der Waals surface area contributed by atoms with E-state index in [1.807, 2.05) is 12.1 Å². The third kappa shape index (κ3) is 3.20. The van der Waals surface area contributed by atoms with Gasteiger partial charge in [-0.25, -0.2) is 9.78 Å². The highest BCUT2D eigenvalue weighted by Gasteiger charge is 2.07. The van der Waals surface area contributed by atoms with E-state index >= 15 is 0 Å². The van der Waals surface area contributed by atoms with Gasteiger partial charge in [-0.05, 0) is 24.1 Å². The fourth-order valence-electron chi connectivity index (χ4n) is 1.62. The van der Waals surface area contributed by atoms with E-state index < -0.39 is 5.97 Å². The molecular formula is C13H15NO3S. The van der Waals surface area contributed by atoms with Gasteiger partial charge in [-0.3, -0.25) is 0 Å². The molecule has 2 rings (SSSR count). The molecule has 2 aromatic rings. The number of ether oxygens (including phenoxy) is 1. The summed E-state index contributed by atoms with van der Waals surface area (Å²) in [5.74, 6) is 0.179. The van der Waals surface area contributed by atoms with Gasteiger partial charge in [0.1, 0.15) is 5.75 Å². The molecule has 0 atom stereocenters. The zero-order valence-corrected chi connectivity index (χ0v) is 11.2. The highest BCUT2D eigenvalue weighted by molar-refractivity contribution is 7.18. The average molecular weight is 265 g/mol. The van der Waals surface area contributed by atoms with Crippen LogP contribution in [-0.4, -0.2) is 22.7 Å². The molecule has 0 amide bonds. The minimum absolute atomic E-state index is 0.316. The minimum Gasteiger partial charge on any atom is -0.482 e. The first kappa shape index (κ1) is 12.8. The van der Waals surface area contributed by atoms with Gasteiger partial charge >= 0.3 is 5.97 Å². The van der Waals surface area contributed by atoms with Gasteiger partial charge in [-0.1, -0.05) is 13.8 Å². The van der Waals surface area contributed by atoms with Crippen molar-refractivity contribution in [2.45, 2.75) is 20.3 Å². The normalized spacial score (nSPS) is 11.1. The largest absolute Gasteiger partial charge is 0.482 e. The van der Waals surface area contributed by atoms with Gasteiger partial charge in [0.05, 0.1) is 15.2 Å². The Morgan fingerprint density at radius 1 is 1.50 bits per heavy atom. The number of carboxylic acid groups (broad SMARTS) is 1. The molecule has 1 heterocycles. The summed E-state index contributed by atoms with van der Waals surface area (Å²) in [7, 11) is 0. The second-order valence-corrected chi connectivity index (χ2v) is 5.63. The Morgan fingerprint density at radius 2 is 2.28 bits per heavy atom. The molecule has 0 aliphatic heterocycles. The van der Waals surface area contributed by atoms with E-state index in [1.54, 1.807) is 17.4 Å². The van der Waals surface area contributed by atoms with Crippen LogP contribution in [0, 0.1) is 5.92 Å². The van der Waals surface area contributed by atoms with Crippen molar-refractivity contribution < 1.29 is 14.6 Å². The smallest absolute Gasteiger partial charge is 0.341 e. The number of aliphatic carboxylic acids is 1. The van der Waals surface area contributed by atoms with E-state index in [2.05, 4.69) is 18.8 Å². The van der Waals surface area contributed by atoms with Crippen LogP contribution >= 0.6 is 11.3 Å². The molecule has 0 spiro atoms. The molecule has 0 fully saturated rings. The van der Waals surface area contributed by atoms with E-state index in [4.69, 9.17) is 9.84 Å². The monoisotopic (exact) mass is 265 g/mol. The van der Waals surface area contributed by atoms with Gasteiger partial charge in [0.25, 0.3) is 0 Å². The number of nitrogens with zero attached hydrogens (tertiary/aromatic N) is 1. The van der Waals surface area contributed by atoms with E-state index in [9.17, 15) is 4.79 Å². The molecule has 0 unspecified atom stereocenters. The Bertz CT molecular complexity index is 562. The Hall–Kier alpha value is -1.62. The lowest BCUT2D eigenvalue weighted by atomic mass is 10.1. The summed E-state index contributed by atoms with van der Waals surface area (Å²) < 4.78 is 6.18. The fraction of sp³-hybridized carbons (Fsp3) is 0.385. The summed E-state index contributed by atoms with van der Waals surface area (Å²) in [5.41, 5.74) is 0.943. The van der Waals surface area contributed by atoms with Gasteiger partial charge < -0.3 is 9.84 Å². The number of thiazole rings is 1. The standard InChI is InChI=1S/C13H15NO3S/c1-8(2)5-12-14-10-4-3-9(6-11(10)18-12)17-7-13(15)16/h3-4,6,8H,5,7H2,1-2H3,(H,15,16). The molecule has 0 radical (unpaired) electrons. The second-order valence-electron chi connectivity index (χ2n) is 4.52. The number of rotatable bonds is 5. The Labute approximate surface area is 109 Å². The van der Waals surface area contributed by atoms with Crippen molar-refractivity contribution in [3.05, 3.63) is 23.2 Å². The maximum Gasteiger partial charge on any atom is 0.341 e. The SMILES string of the molecule is CC(C)Cc1nc2ccc(OCC(=O)O)cc2s1. The molecule has 5 heteroatoms. The summed E-state index contributed by atoms with van der Waals surface area (Å²) in [4.78, 5) is 15.0. The van der Waals surface area contributed by atoms with E-state index in [0.29, 0.717) is 11.7 Å². The Balaban J connectivity index is 2.19. The van der Waals surface area contributed by atoms with Gasteiger partial charge in [0, 0.05) is 6.42 Å². The number of carbonyl (C=O) groups is 1. The minimum atomic E-state index is -0.972. The molecule has 4 nitrogen and oxygen atoms in total. The number of hydrogen-bond acceptors (Lipinski definition) is 4. The molecular weight excluding hydrogens is 250 g/mol. The number of benzene rings is 1. The molecule has 18 heavy (non-hydrogen) atoms. The number of aromatic nitrogens is 1. The zero-order valence-electron chi connectivity index (χ0n) is 10.3. The first-order valence-corrected chi connectivity index (χ1v) is 6.60. The second kappa shape index (κ2) is 5.35. The molecule has 0 aliphatic rings. The van der Waals surface area contributed by atoms with Crippen molar-refractivity contribution in [2.24, 2.45) is 5.92 Å². The van der Waals surface area contributed by atoms with Crippen molar-refractivity contribution in [1.29, 1.82) is 0 Å². The number of fused-ring (bicyclic) bond motifs is 1.